The second-order valence-electron chi connectivity index (χ2n) is 7.09. The van der Waals surface area contributed by atoms with Crippen LogP contribution in [0.5, 0.6) is 11.5 Å². The quantitative estimate of drug-likeness (QED) is 0.643. The van der Waals surface area contributed by atoms with Crippen LogP contribution in [0.3, 0.4) is 0 Å². The number of hydrogen-bond donors (Lipinski definition) is 1. The van der Waals surface area contributed by atoms with Crippen LogP contribution < -0.4 is 14.8 Å². The van der Waals surface area contributed by atoms with Crippen LogP contribution in [-0.4, -0.2) is 42.5 Å². The first-order valence-corrected chi connectivity index (χ1v) is 9.95. The lowest BCUT2D eigenvalue weighted by atomic mass is 10.1. The summed E-state index contributed by atoms with van der Waals surface area (Å²) in [5.74, 6) is -0.588. The lowest BCUT2D eigenvalue weighted by Crippen LogP contribution is -2.50. The molecule has 0 bridgehead atoms. The molecule has 6 nitrogen and oxygen atoms in total. The number of carbonyl (C=O) groups is 2. The van der Waals surface area contributed by atoms with Crippen molar-refractivity contribution in [3.05, 3.63) is 59.9 Å². The SMILES string of the molecule is CC[C@@H](C)NC(=O)[C@@H](C)N(Cc1cccc(OC)c1)C(=O)COc1ccccc1F. The zero-order valence-corrected chi connectivity index (χ0v) is 17.9. The molecule has 2 rings (SSSR count). The van der Waals surface area contributed by atoms with Gasteiger partial charge in [-0.1, -0.05) is 31.2 Å². The van der Waals surface area contributed by atoms with Gasteiger partial charge < -0.3 is 19.7 Å². The number of hydrogen-bond acceptors (Lipinski definition) is 4. The first-order chi connectivity index (χ1) is 14.3. The first-order valence-electron chi connectivity index (χ1n) is 9.95. The fourth-order valence-electron chi connectivity index (χ4n) is 2.80. The minimum Gasteiger partial charge on any atom is -0.497 e. The van der Waals surface area contributed by atoms with Crippen LogP contribution in [0.15, 0.2) is 48.5 Å². The van der Waals surface area contributed by atoms with E-state index in [1.54, 1.807) is 38.3 Å². The second-order valence-corrected chi connectivity index (χ2v) is 7.09. The number of para-hydroxylation sites is 1. The Labute approximate surface area is 177 Å². The number of methoxy groups -OCH3 is 1. The molecule has 0 aromatic heterocycles. The van der Waals surface area contributed by atoms with Gasteiger partial charge in [0.05, 0.1) is 7.11 Å². The molecular formula is C23H29FN2O4. The monoisotopic (exact) mass is 416 g/mol. The largest absolute Gasteiger partial charge is 0.497 e. The minimum absolute atomic E-state index is 0.0103. The van der Waals surface area contributed by atoms with Crippen molar-refractivity contribution < 1.29 is 23.5 Å². The van der Waals surface area contributed by atoms with Crippen molar-refractivity contribution in [3.63, 3.8) is 0 Å². The highest BCUT2D eigenvalue weighted by Gasteiger charge is 2.27. The third-order valence-corrected chi connectivity index (χ3v) is 4.84. The lowest BCUT2D eigenvalue weighted by Gasteiger charge is -2.29. The third-order valence-electron chi connectivity index (χ3n) is 4.84. The Bertz CT molecular complexity index is 859. The molecule has 0 radical (unpaired) electrons. The second kappa shape index (κ2) is 11.2. The van der Waals surface area contributed by atoms with E-state index in [1.165, 1.54) is 17.0 Å². The molecule has 0 saturated carbocycles. The van der Waals surface area contributed by atoms with Crippen molar-refractivity contribution in [3.8, 4) is 11.5 Å². The minimum atomic E-state index is -0.734. The van der Waals surface area contributed by atoms with E-state index < -0.39 is 17.8 Å². The molecule has 1 N–H and O–H groups in total. The van der Waals surface area contributed by atoms with Gasteiger partial charge in [-0.25, -0.2) is 4.39 Å². The average Bonchev–Trinajstić information content (AvgIpc) is 2.76. The number of amides is 2. The van der Waals surface area contributed by atoms with Gasteiger partial charge in [0.15, 0.2) is 18.2 Å². The normalized spacial score (nSPS) is 12.6. The highest BCUT2D eigenvalue weighted by molar-refractivity contribution is 5.88. The molecule has 0 fully saturated rings. The topological polar surface area (TPSA) is 67.9 Å². The number of nitrogens with one attached hydrogen (secondary N) is 1. The summed E-state index contributed by atoms with van der Waals surface area (Å²) in [6.45, 7) is 5.34. The van der Waals surface area contributed by atoms with Crippen LogP contribution in [0.25, 0.3) is 0 Å². The molecule has 0 aliphatic heterocycles. The zero-order chi connectivity index (χ0) is 22.1. The van der Waals surface area contributed by atoms with E-state index in [4.69, 9.17) is 9.47 Å². The molecule has 0 saturated heterocycles. The van der Waals surface area contributed by atoms with E-state index >= 15 is 0 Å². The first kappa shape index (κ1) is 23.2. The third kappa shape index (κ3) is 6.47. The van der Waals surface area contributed by atoms with Crippen molar-refractivity contribution in [2.45, 2.75) is 45.8 Å². The molecule has 7 heteroatoms. The van der Waals surface area contributed by atoms with Gasteiger partial charge >= 0.3 is 0 Å². The Morgan fingerprint density at radius 1 is 1.13 bits per heavy atom. The summed E-state index contributed by atoms with van der Waals surface area (Å²) in [5, 5.41) is 2.90. The fraction of sp³-hybridized carbons (Fsp3) is 0.391. The summed E-state index contributed by atoms with van der Waals surface area (Å²) in [6.07, 6.45) is 0.776. The van der Waals surface area contributed by atoms with E-state index in [2.05, 4.69) is 5.32 Å². The van der Waals surface area contributed by atoms with Crippen molar-refractivity contribution in [2.24, 2.45) is 0 Å². The summed E-state index contributed by atoms with van der Waals surface area (Å²) < 4.78 is 24.4. The van der Waals surface area contributed by atoms with Crippen LogP contribution in [0, 0.1) is 5.82 Å². The summed E-state index contributed by atoms with van der Waals surface area (Å²) in [7, 11) is 1.56. The van der Waals surface area contributed by atoms with E-state index in [0.29, 0.717) is 5.75 Å². The van der Waals surface area contributed by atoms with Gasteiger partial charge in [0, 0.05) is 12.6 Å². The smallest absolute Gasteiger partial charge is 0.261 e. The molecule has 2 aromatic carbocycles. The van der Waals surface area contributed by atoms with Gasteiger partial charge in [-0.3, -0.25) is 9.59 Å². The lowest BCUT2D eigenvalue weighted by molar-refractivity contribution is -0.142. The van der Waals surface area contributed by atoms with Crippen LogP contribution in [0.2, 0.25) is 0 Å². The molecule has 162 valence electrons. The van der Waals surface area contributed by atoms with E-state index in [9.17, 15) is 14.0 Å². The summed E-state index contributed by atoms with van der Waals surface area (Å²) in [5.41, 5.74) is 0.803. The van der Waals surface area contributed by atoms with Gasteiger partial charge in [-0.2, -0.15) is 0 Å². The highest BCUT2D eigenvalue weighted by Crippen LogP contribution is 2.18. The molecule has 30 heavy (non-hydrogen) atoms. The van der Waals surface area contributed by atoms with Crippen molar-refractivity contribution in [1.82, 2.24) is 10.2 Å². The van der Waals surface area contributed by atoms with Gasteiger partial charge in [0.1, 0.15) is 11.8 Å². The maximum atomic E-state index is 13.8. The summed E-state index contributed by atoms with van der Waals surface area (Å²) >= 11 is 0. The van der Waals surface area contributed by atoms with Gasteiger partial charge in [0.2, 0.25) is 5.91 Å². The number of rotatable bonds is 10. The predicted octanol–water partition coefficient (Wildman–Crippen LogP) is 3.55. The molecule has 2 amide bonds. The highest BCUT2D eigenvalue weighted by atomic mass is 19.1. The molecule has 0 aliphatic rings. The van der Waals surface area contributed by atoms with Crippen LogP contribution in [-0.2, 0) is 16.1 Å². The van der Waals surface area contributed by atoms with E-state index in [-0.39, 0.29) is 30.9 Å². The van der Waals surface area contributed by atoms with Gasteiger partial charge in [0.25, 0.3) is 5.91 Å². The van der Waals surface area contributed by atoms with Gasteiger partial charge in [-0.15, -0.1) is 0 Å². The Kier molecular flexibility index (Phi) is 8.65. The summed E-state index contributed by atoms with van der Waals surface area (Å²) in [4.78, 5) is 27.0. The van der Waals surface area contributed by atoms with Crippen LogP contribution >= 0.6 is 0 Å². The predicted molar refractivity (Wildman–Crippen MR) is 113 cm³/mol. The fourth-order valence-corrected chi connectivity index (χ4v) is 2.80. The number of halogens is 1. The molecule has 0 spiro atoms. The number of carbonyl (C=O) groups excluding carboxylic acids is 2. The Hall–Kier alpha value is -3.09. The van der Waals surface area contributed by atoms with Crippen molar-refractivity contribution in [1.29, 1.82) is 0 Å². The average molecular weight is 416 g/mol. The standard InChI is InChI=1S/C23H29FN2O4/c1-5-16(2)25-23(28)17(3)26(14-18-9-8-10-19(13-18)29-4)22(27)15-30-21-12-7-6-11-20(21)24/h6-13,16-17H,5,14-15H2,1-4H3,(H,25,28)/t16-,17-/m1/s1. The van der Waals surface area contributed by atoms with E-state index in [0.717, 1.165) is 12.0 Å². The van der Waals surface area contributed by atoms with E-state index in [1.807, 2.05) is 26.0 Å². The summed E-state index contributed by atoms with van der Waals surface area (Å²) in [6, 6.07) is 12.4. The van der Waals surface area contributed by atoms with Crippen molar-refractivity contribution in [2.75, 3.05) is 13.7 Å². The number of ether oxygens (including phenoxy) is 2. The maximum Gasteiger partial charge on any atom is 0.261 e. The number of benzene rings is 2. The molecule has 0 unspecified atom stereocenters. The Morgan fingerprint density at radius 3 is 2.53 bits per heavy atom. The Balaban J connectivity index is 2.19. The molecule has 0 heterocycles. The number of nitrogens with zero attached hydrogens (tertiary/aromatic N) is 1. The molecule has 0 aliphatic carbocycles. The van der Waals surface area contributed by atoms with Gasteiger partial charge in [-0.05, 0) is 50.1 Å². The zero-order valence-electron chi connectivity index (χ0n) is 17.9. The van der Waals surface area contributed by atoms with Crippen LogP contribution in [0.4, 0.5) is 4.39 Å². The molecular weight excluding hydrogens is 387 g/mol. The Morgan fingerprint density at radius 2 is 1.87 bits per heavy atom. The molecule has 2 aromatic rings. The van der Waals surface area contributed by atoms with Crippen molar-refractivity contribution >= 4 is 11.8 Å². The maximum absolute atomic E-state index is 13.8. The van der Waals surface area contributed by atoms with Crippen LogP contribution in [0.1, 0.15) is 32.8 Å². The molecule has 2 atom stereocenters.